The second kappa shape index (κ2) is 13.4. The fourth-order valence-electron chi connectivity index (χ4n) is 4.19. The van der Waals surface area contributed by atoms with Crippen molar-refractivity contribution < 1.29 is 23.9 Å². The van der Waals surface area contributed by atoms with Gasteiger partial charge in [0.25, 0.3) is 0 Å². The van der Waals surface area contributed by atoms with Crippen LogP contribution in [0.3, 0.4) is 0 Å². The highest BCUT2D eigenvalue weighted by Gasteiger charge is 2.32. The number of hydrogen-bond acceptors (Lipinski definition) is 5. The molecule has 7 heteroatoms. The van der Waals surface area contributed by atoms with Crippen LogP contribution in [-0.2, 0) is 23.9 Å². The number of rotatable bonds is 13. The summed E-state index contributed by atoms with van der Waals surface area (Å²) in [4.78, 5) is 51.9. The Morgan fingerprint density at radius 1 is 0.867 bits per heavy atom. The molecule has 170 valence electrons. The van der Waals surface area contributed by atoms with Gasteiger partial charge in [-0.1, -0.05) is 39.0 Å². The summed E-state index contributed by atoms with van der Waals surface area (Å²) >= 11 is 0. The number of esters is 1. The number of nitrogens with zero attached hydrogens (tertiary/aromatic N) is 2. The second-order valence-electron chi connectivity index (χ2n) is 8.43. The Balaban J connectivity index is 1.85. The molecule has 0 bridgehead atoms. The van der Waals surface area contributed by atoms with Crippen molar-refractivity contribution in [2.45, 2.75) is 103 Å². The van der Waals surface area contributed by atoms with Crippen LogP contribution >= 0.6 is 0 Å². The van der Waals surface area contributed by atoms with E-state index in [0.29, 0.717) is 58.2 Å². The van der Waals surface area contributed by atoms with Crippen molar-refractivity contribution in [3.05, 3.63) is 0 Å². The summed E-state index contributed by atoms with van der Waals surface area (Å²) in [5.74, 6) is -0.500. The third-order valence-corrected chi connectivity index (χ3v) is 6.01. The Bertz CT molecular complexity index is 576. The third kappa shape index (κ3) is 7.73. The van der Waals surface area contributed by atoms with E-state index in [1.165, 1.54) is 17.7 Å². The van der Waals surface area contributed by atoms with Gasteiger partial charge in [0.05, 0.1) is 6.61 Å². The smallest absolute Gasteiger partial charge is 0.328 e. The molecule has 3 amide bonds. The molecule has 7 nitrogen and oxygen atoms in total. The molecule has 0 radical (unpaired) electrons. The molecule has 0 saturated carbocycles. The molecule has 0 aromatic carbocycles. The van der Waals surface area contributed by atoms with Crippen molar-refractivity contribution in [3.8, 4) is 0 Å². The van der Waals surface area contributed by atoms with Gasteiger partial charge in [-0.3, -0.25) is 19.3 Å². The van der Waals surface area contributed by atoms with Gasteiger partial charge in [-0.05, 0) is 38.5 Å². The first-order valence-corrected chi connectivity index (χ1v) is 11.8. The van der Waals surface area contributed by atoms with Gasteiger partial charge in [0, 0.05) is 32.4 Å². The third-order valence-electron chi connectivity index (χ3n) is 6.01. The molecule has 2 rings (SSSR count). The zero-order valence-corrected chi connectivity index (χ0v) is 18.5. The van der Waals surface area contributed by atoms with Crippen LogP contribution in [0.25, 0.3) is 0 Å². The van der Waals surface area contributed by atoms with Crippen LogP contribution in [0.4, 0.5) is 0 Å². The number of amides is 3. The van der Waals surface area contributed by atoms with Crippen molar-refractivity contribution in [3.63, 3.8) is 0 Å². The van der Waals surface area contributed by atoms with E-state index >= 15 is 0 Å². The van der Waals surface area contributed by atoms with E-state index < -0.39 is 6.04 Å². The van der Waals surface area contributed by atoms with Crippen LogP contribution in [0.2, 0.25) is 0 Å². The maximum absolute atomic E-state index is 12.8. The molecular weight excluding hydrogens is 384 g/mol. The van der Waals surface area contributed by atoms with E-state index in [-0.39, 0.29) is 23.7 Å². The Morgan fingerprint density at radius 2 is 1.60 bits per heavy atom. The Morgan fingerprint density at radius 3 is 2.33 bits per heavy atom. The molecule has 2 saturated heterocycles. The van der Waals surface area contributed by atoms with E-state index in [2.05, 4.69) is 6.92 Å². The molecule has 2 heterocycles. The number of unbranched alkanes of at least 4 members (excludes halogenated alkanes) is 5. The summed E-state index contributed by atoms with van der Waals surface area (Å²) in [6, 6.07) is -0.559. The Hall–Kier alpha value is -1.92. The first-order chi connectivity index (χ1) is 14.5. The van der Waals surface area contributed by atoms with Crippen molar-refractivity contribution in [2.75, 3.05) is 19.7 Å². The van der Waals surface area contributed by atoms with E-state index in [9.17, 15) is 19.2 Å². The highest BCUT2D eigenvalue weighted by molar-refractivity contribution is 6.01. The zero-order valence-electron chi connectivity index (χ0n) is 18.5. The lowest BCUT2D eigenvalue weighted by molar-refractivity contribution is -0.155. The number of carbonyl (C=O) groups is 4. The molecule has 2 aliphatic rings. The summed E-state index contributed by atoms with van der Waals surface area (Å²) in [6.45, 7) is 3.55. The summed E-state index contributed by atoms with van der Waals surface area (Å²) in [7, 11) is 0. The lowest BCUT2D eigenvalue weighted by Gasteiger charge is -2.29. The molecule has 0 aromatic rings. The monoisotopic (exact) mass is 422 g/mol. The minimum atomic E-state index is -0.559. The average Bonchev–Trinajstić information content (AvgIpc) is 2.91. The summed E-state index contributed by atoms with van der Waals surface area (Å²) < 4.78 is 5.54. The average molecular weight is 423 g/mol. The maximum Gasteiger partial charge on any atom is 0.328 e. The van der Waals surface area contributed by atoms with Crippen molar-refractivity contribution in [1.82, 2.24) is 9.80 Å². The fraction of sp³-hybridized carbons (Fsp3) is 0.826. The number of carbonyl (C=O) groups excluding carboxylic acids is 4. The van der Waals surface area contributed by atoms with Gasteiger partial charge in [0.1, 0.15) is 6.04 Å². The number of hydrogen-bond donors (Lipinski definition) is 0. The minimum absolute atomic E-state index is 0.0299. The minimum Gasteiger partial charge on any atom is -0.464 e. The lowest BCUT2D eigenvalue weighted by atomic mass is 10.1. The normalized spacial score (nSPS) is 18.6. The molecule has 30 heavy (non-hydrogen) atoms. The van der Waals surface area contributed by atoms with Crippen LogP contribution in [0.5, 0.6) is 0 Å². The van der Waals surface area contributed by atoms with Crippen molar-refractivity contribution in [2.24, 2.45) is 0 Å². The van der Waals surface area contributed by atoms with E-state index in [0.717, 1.165) is 38.5 Å². The first kappa shape index (κ1) is 24.4. The zero-order chi connectivity index (χ0) is 21.8. The van der Waals surface area contributed by atoms with E-state index in [1.807, 2.05) is 0 Å². The van der Waals surface area contributed by atoms with Crippen LogP contribution in [0, 0.1) is 0 Å². The lowest BCUT2D eigenvalue weighted by Crippen LogP contribution is -2.45. The van der Waals surface area contributed by atoms with Crippen LogP contribution in [-0.4, -0.2) is 59.2 Å². The highest BCUT2D eigenvalue weighted by atomic mass is 16.5. The van der Waals surface area contributed by atoms with Gasteiger partial charge < -0.3 is 9.64 Å². The molecule has 0 spiro atoms. The predicted molar refractivity (Wildman–Crippen MR) is 113 cm³/mol. The van der Waals surface area contributed by atoms with E-state index in [4.69, 9.17) is 4.74 Å². The SMILES string of the molecule is CCCCCCCOC(=O)C(CCCCN1C(=O)CCC1=O)N1CCCCCC1=O. The second-order valence-corrected chi connectivity index (χ2v) is 8.43. The molecule has 2 fully saturated rings. The van der Waals surface area contributed by atoms with Gasteiger partial charge in [-0.25, -0.2) is 4.79 Å². The predicted octanol–water partition coefficient (Wildman–Crippen LogP) is 3.59. The maximum atomic E-state index is 12.8. The van der Waals surface area contributed by atoms with Gasteiger partial charge in [0.15, 0.2) is 0 Å². The number of imide groups is 1. The van der Waals surface area contributed by atoms with Gasteiger partial charge in [-0.15, -0.1) is 0 Å². The molecule has 0 N–H and O–H groups in total. The molecule has 1 atom stereocenters. The quantitative estimate of drug-likeness (QED) is 0.257. The van der Waals surface area contributed by atoms with Crippen molar-refractivity contribution >= 4 is 23.7 Å². The number of likely N-dealkylation sites (tertiary alicyclic amines) is 2. The topological polar surface area (TPSA) is 84.0 Å². The Labute approximate surface area is 180 Å². The summed E-state index contributed by atoms with van der Waals surface area (Å²) in [5, 5.41) is 0. The van der Waals surface area contributed by atoms with E-state index in [1.54, 1.807) is 4.90 Å². The van der Waals surface area contributed by atoms with Crippen LogP contribution < -0.4 is 0 Å². The number of ether oxygens (including phenoxy) is 1. The van der Waals surface area contributed by atoms with Gasteiger partial charge >= 0.3 is 5.97 Å². The standard InChI is InChI=1S/C23H38N2O5/c1-2-3-4-5-11-18-30-23(29)19(24-16-9-6-7-13-20(24)26)12-8-10-17-25-21(27)14-15-22(25)28/h19H,2-18H2,1H3. The van der Waals surface area contributed by atoms with Gasteiger partial charge in [-0.2, -0.15) is 0 Å². The summed E-state index contributed by atoms with van der Waals surface area (Å²) in [6.07, 6.45) is 11.1. The largest absolute Gasteiger partial charge is 0.464 e. The molecule has 2 aliphatic heterocycles. The summed E-state index contributed by atoms with van der Waals surface area (Å²) in [5.41, 5.74) is 0. The molecule has 1 unspecified atom stereocenters. The highest BCUT2D eigenvalue weighted by Crippen LogP contribution is 2.20. The first-order valence-electron chi connectivity index (χ1n) is 11.8. The molecule has 0 aliphatic carbocycles. The van der Waals surface area contributed by atoms with Crippen LogP contribution in [0.15, 0.2) is 0 Å². The molecular formula is C23H38N2O5. The molecule has 0 aromatic heterocycles. The van der Waals surface area contributed by atoms with Gasteiger partial charge in [0.2, 0.25) is 17.7 Å². The van der Waals surface area contributed by atoms with Crippen molar-refractivity contribution in [1.29, 1.82) is 0 Å². The fourth-order valence-corrected chi connectivity index (χ4v) is 4.19. The van der Waals surface area contributed by atoms with Crippen LogP contribution in [0.1, 0.15) is 96.8 Å². The Kier molecular flexibility index (Phi) is 10.9.